The smallest absolute Gasteiger partial charge is 0.237 e. The topological polar surface area (TPSA) is 54.3 Å². The minimum atomic E-state index is -0.269. The Kier molecular flexibility index (Phi) is 5.17. The highest BCUT2D eigenvalue weighted by Gasteiger charge is 2.17. The normalized spacial score (nSPS) is 13.7. The van der Waals surface area contributed by atoms with Crippen molar-refractivity contribution < 1.29 is 9.21 Å². The quantitative estimate of drug-likeness (QED) is 0.858. The second-order valence-electron chi connectivity index (χ2n) is 5.26. The first kappa shape index (κ1) is 15.3. The van der Waals surface area contributed by atoms with Gasteiger partial charge in [-0.05, 0) is 44.0 Å². The van der Waals surface area contributed by atoms with E-state index in [1.165, 1.54) is 11.1 Å². The fourth-order valence-electron chi connectivity index (χ4n) is 2.35. The van der Waals surface area contributed by atoms with Crippen LogP contribution in [0.4, 0.5) is 0 Å². The van der Waals surface area contributed by atoms with Gasteiger partial charge in [0.2, 0.25) is 5.91 Å². The largest absolute Gasteiger partial charge is 0.467 e. The number of rotatable bonds is 6. The second kappa shape index (κ2) is 7.09. The predicted octanol–water partition coefficient (Wildman–Crippen LogP) is 2.94. The lowest BCUT2D eigenvalue weighted by Crippen LogP contribution is -2.42. The molecule has 0 aliphatic carbocycles. The molecule has 0 saturated carbocycles. The van der Waals surface area contributed by atoms with Crippen LogP contribution in [-0.4, -0.2) is 11.9 Å². The lowest BCUT2D eigenvalue weighted by molar-refractivity contribution is -0.123. The summed E-state index contributed by atoms with van der Waals surface area (Å²) >= 11 is 0. The molecule has 2 atom stereocenters. The van der Waals surface area contributed by atoms with Crippen molar-refractivity contribution in [3.63, 3.8) is 0 Å². The lowest BCUT2D eigenvalue weighted by atomic mass is 10.0. The SMILES string of the molecule is Cc1ccccc1C(C)NC(C)C(=O)NCc1ccco1. The van der Waals surface area contributed by atoms with Crippen molar-refractivity contribution in [1.29, 1.82) is 0 Å². The maximum atomic E-state index is 12.1. The van der Waals surface area contributed by atoms with Crippen LogP contribution in [0.3, 0.4) is 0 Å². The summed E-state index contributed by atoms with van der Waals surface area (Å²) in [6, 6.07) is 11.7. The Balaban J connectivity index is 1.87. The summed E-state index contributed by atoms with van der Waals surface area (Å²) in [5.74, 6) is 0.717. The van der Waals surface area contributed by atoms with Gasteiger partial charge in [0.05, 0.1) is 18.8 Å². The molecule has 112 valence electrons. The van der Waals surface area contributed by atoms with Gasteiger partial charge in [-0.25, -0.2) is 0 Å². The number of carbonyl (C=O) groups excluding carboxylic acids is 1. The average molecular weight is 286 g/mol. The number of nitrogens with one attached hydrogen (secondary N) is 2. The van der Waals surface area contributed by atoms with E-state index in [4.69, 9.17) is 4.42 Å². The van der Waals surface area contributed by atoms with Crippen LogP contribution in [0.1, 0.15) is 36.8 Å². The van der Waals surface area contributed by atoms with Gasteiger partial charge in [-0.15, -0.1) is 0 Å². The maximum Gasteiger partial charge on any atom is 0.237 e. The Morgan fingerprint density at radius 3 is 2.62 bits per heavy atom. The van der Waals surface area contributed by atoms with Crippen molar-refractivity contribution in [3.05, 3.63) is 59.5 Å². The Hall–Kier alpha value is -2.07. The summed E-state index contributed by atoms with van der Waals surface area (Å²) in [4.78, 5) is 12.1. The van der Waals surface area contributed by atoms with Gasteiger partial charge >= 0.3 is 0 Å². The third kappa shape index (κ3) is 4.20. The van der Waals surface area contributed by atoms with Gasteiger partial charge in [0, 0.05) is 6.04 Å². The molecule has 21 heavy (non-hydrogen) atoms. The Labute approximate surface area is 125 Å². The molecule has 1 aromatic heterocycles. The van der Waals surface area contributed by atoms with Gasteiger partial charge in [-0.3, -0.25) is 10.1 Å². The van der Waals surface area contributed by atoms with Crippen molar-refractivity contribution in [3.8, 4) is 0 Å². The molecule has 2 aromatic rings. The van der Waals surface area contributed by atoms with Crippen LogP contribution < -0.4 is 10.6 Å². The first-order valence-corrected chi connectivity index (χ1v) is 7.19. The van der Waals surface area contributed by atoms with Crippen molar-refractivity contribution in [2.45, 2.75) is 39.4 Å². The Morgan fingerprint density at radius 2 is 1.95 bits per heavy atom. The van der Waals surface area contributed by atoms with E-state index in [-0.39, 0.29) is 18.0 Å². The molecule has 0 radical (unpaired) electrons. The number of benzene rings is 1. The van der Waals surface area contributed by atoms with E-state index in [0.29, 0.717) is 6.54 Å². The Bertz CT molecular complexity index is 578. The standard InChI is InChI=1S/C17H22N2O2/c1-12-7-4-5-9-16(12)13(2)19-14(3)17(20)18-11-15-8-6-10-21-15/h4-10,13-14,19H,11H2,1-3H3,(H,18,20). The van der Waals surface area contributed by atoms with Crippen LogP contribution in [0.15, 0.2) is 47.1 Å². The van der Waals surface area contributed by atoms with Gasteiger partial charge in [0.25, 0.3) is 0 Å². The highest BCUT2D eigenvalue weighted by Crippen LogP contribution is 2.17. The molecule has 0 aliphatic rings. The summed E-state index contributed by atoms with van der Waals surface area (Å²) < 4.78 is 5.19. The van der Waals surface area contributed by atoms with Crippen LogP contribution >= 0.6 is 0 Å². The summed E-state index contributed by atoms with van der Waals surface area (Å²) in [7, 11) is 0. The summed E-state index contributed by atoms with van der Waals surface area (Å²) in [5, 5.41) is 6.19. The minimum absolute atomic E-state index is 0.0353. The zero-order valence-electron chi connectivity index (χ0n) is 12.7. The monoisotopic (exact) mass is 286 g/mol. The van der Waals surface area contributed by atoms with E-state index in [1.54, 1.807) is 6.26 Å². The third-order valence-electron chi connectivity index (χ3n) is 3.57. The van der Waals surface area contributed by atoms with Crippen LogP contribution in [0.2, 0.25) is 0 Å². The molecule has 4 heteroatoms. The van der Waals surface area contributed by atoms with E-state index >= 15 is 0 Å². The number of amides is 1. The van der Waals surface area contributed by atoms with Crippen molar-refractivity contribution in [2.75, 3.05) is 0 Å². The molecular weight excluding hydrogens is 264 g/mol. The molecule has 1 heterocycles. The zero-order valence-corrected chi connectivity index (χ0v) is 12.7. The molecule has 2 N–H and O–H groups in total. The molecule has 0 saturated heterocycles. The molecule has 1 aromatic carbocycles. The zero-order chi connectivity index (χ0) is 15.2. The molecule has 0 fully saturated rings. The fraction of sp³-hybridized carbons (Fsp3) is 0.353. The third-order valence-corrected chi connectivity index (χ3v) is 3.57. The first-order valence-electron chi connectivity index (χ1n) is 7.19. The predicted molar refractivity (Wildman–Crippen MR) is 82.7 cm³/mol. The van der Waals surface area contributed by atoms with Crippen LogP contribution in [0.5, 0.6) is 0 Å². The number of hydrogen-bond donors (Lipinski definition) is 2. The average Bonchev–Trinajstić information content (AvgIpc) is 2.98. The maximum absolute atomic E-state index is 12.1. The second-order valence-corrected chi connectivity index (χ2v) is 5.26. The molecule has 1 amide bonds. The van der Waals surface area contributed by atoms with E-state index in [1.807, 2.05) is 31.2 Å². The number of carbonyl (C=O) groups is 1. The van der Waals surface area contributed by atoms with E-state index in [2.05, 4.69) is 36.6 Å². The molecule has 0 spiro atoms. The van der Waals surface area contributed by atoms with Gasteiger partial charge in [-0.1, -0.05) is 24.3 Å². The molecule has 2 rings (SSSR count). The van der Waals surface area contributed by atoms with Gasteiger partial charge in [0.1, 0.15) is 5.76 Å². The minimum Gasteiger partial charge on any atom is -0.467 e. The van der Waals surface area contributed by atoms with Gasteiger partial charge in [-0.2, -0.15) is 0 Å². The van der Waals surface area contributed by atoms with E-state index < -0.39 is 0 Å². The van der Waals surface area contributed by atoms with Crippen molar-refractivity contribution in [1.82, 2.24) is 10.6 Å². The van der Waals surface area contributed by atoms with E-state index in [0.717, 1.165) is 5.76 Å². The fourth-order valence-corrected chi connectivity index (χ4v) is 2.35. The molecule has 0 bridgehead atoms. The van der Waals surface area contributed by atoms with E-state index in [9.17, 15) is 4.79 Å². The summed E-state index contributed by atoms with van der Waals surface area (Å²) in [6.07, 6.45) is 1.60. The number of hydrogen-bond acceptors (Lipinski definition) is 3. The Morgan fingerprint density at radius 1 is 1.19 bits per heavy atom. The highest BCUT2D eigenvalue weighted by molar-refractivity contribution is 5.81. The first-order chi connectivity index (χ1) is 10.1. The number of aryl methyl sites for hydroxylation is 1. The van der Waals surface area contributed by atoms with Gasteiger partial charge in [0.15, 0.2) is 0 Å². The molecule has 4 nitrogen and oxygen atoms in total. The van der Waals surface area contributed by atoms with Crippen LogP contribution in [-0.2, 0) is 11.3 Å². The molecule has 0 aliphatic heterocycles. The highest BCUT2D eigenvalue weighted by atomic mass is 16.3. The lowest BCUT2D eigenvalue weighted by Gasteiger charge is -2.21. The van der Waals surface area contributed by atoms with Crippen LogP contribution in [0.25, 0.3) is 0 Å². The van der Waals surface area contributed by atoms with Gasteiger partial charge < -0.3 is 9.73 Å². The van der Waals surface area contributed by atoms with Crippen LogP contribution in [0, 0.1) is 6.92 Å². The van der Waals surface area contributed by atoms with Crippen molar-refractivity contribution in [2.24, 2.45) is 0 Å². The molecular formula is C17H22N2O2. The van der Waals surface area contributed by atoms with Crippen molar-refractivity contribution >= 4 is 5.91 Å². The summed E-state index contributed by atoms with van der Waals surface area (Å²) in [6.45, 7) is 6.43. The summed E-state index contributed by atoms with van der Waals surface area (Å²) in [5.41, 5.74) is 2.43. The molecule has 2 unspecified atom stereocenters. The number of furan rings is 1.